The van der Waals surface area contributed by atoms with Gasteiger partial charge in [0.2, 0.25) is 5.88 Å². The summed E-state index contributed by atoms with van der Waals surface area (Å²) in [7, 11) is 1.85. The predicted molar refractivity (Wildman–Crippen MR) is 102 cm³/mol. The van der Waals surface area contributed by atoms with Crippen LogP contribution in [0.1, 0.15) is 56.7 Å². The first-order valence-electron chi connectivity index (χ1n) is 9.72. The molecule has 0 bridgehead atoms. The van der Waals surface area contributed by atoms with Crippen molar-refractivity contribution in [1.82, 2.24) is 20.1 Å². The first kappa shape index (κ1) is 18.7. The summed E-state index contributed by atoms with van der Waals surface area (Å²) in [6.45, 7) is 6.19. The zero-order valence-corrected chi connectivity index (χ0v) is 16.3. The van der Waals surface area contributed by atoms with Gasteiger partial charge in [-0.3, -0.25) is 4.79 Å². The quantitative estimate of drug-likeness (QED) is 0.823. The maximum atomic E-state index is 12.4. The van der Waals surface area contributed by atoms with E-state index in [1.54, 1.807) is 4.68 Å². The Morgan fingerprint density at radius 1 is 1.38 bits per heavy atom. The molecule has 2 aromatic heterocycles. The van der Waals surface area contributed by atoms with Gasteiger partial charge in [0.05, 0.1) is 5.39 Å². The number of pyridine rings is 1. The van der Waals surface area contributed by atoms with Crippen LogP contribution in [0.3, 0.4) is 0 Å². The van der Waals surface area contributed by atoms with Gasteiger partial charge in [0.25, 0.3) is 5.91 Å². The van der Waals surface area contributed by atoms with Crippen LogP contribution in [0.5, 0.6) is 5.88 Å². The van der Waals surface area contributed by atoms with Crippen LogP contribution in [0, 0.1) is 19.8 Å². The van der Waals surface area contributed by atoms with Crippen LogP contribution in [-0.4, -0.2) is 33.3 Å². The molecule has 1 saturated carbocycles. The molecule has 142 valence electrons. The summed E-state index contributed by atoms with van der Waals surface area (Å²) in [5, 5.41) is 8.46. The third kappa shape index (κ3) is 4.00. The molecule has 0 aromatic carbocycles. The topological polar surface area (TPSA) is 69.0 Å². The monoisotopic (exact) mass is 358 g/mol. The van der Waals surface area contributed by atoms with Crippen molar-refractivity contribution in [2.75, 3.05) is 6.61 Å². The van der Waals surface area contributed by atoms with Crippen molar-refractivity contribution in [2.45, 2.75) is 65.3 Å². The summed E-state index contributed by atoms with van der Waals surface area (Å²) < 4.78 is 7.47. The number of carbonyl (C=O) groups excluding carboxylic acids is 1. The van der Waals surface area contributed by atoms with Crippen LogP contribution >= 0.6 is 0 Å². The molecule has 0 aliphatic heterocycles. The number of amides is 1. The molecule has 2 heterocycles. The number of nitrogens with zero attached hydrogens (tertiary/aromatic N) is 3. The van der Waals surface area contributed by atoms with Crippen molar-refractivity contribution < 1.29 is 9.53 Å². The fraction of sp³-hybridized carbons (Fsp3) is 0.650. The number of aromatic nitrogens is 3. The summed E-state index contributed by atoms with van der Waals surface area (Å²) in [5.41, 5.74) is 2.79. The van der Waals surface area contributed by atoms with Gasteiger partial charge >= 0.3 is 0 Å². The number of nitrogens with one attached hydrogen (secondary N) is 1. The Morgan fingerprint density at radius 2 is 2.19 bits per heavy atom. The minimum atomic E-state index is -0.0603. The molecule has 1 fully saturated rings. The molecule has 0 spiro atoms. The van der Waals surface area contributed by atoms with E-state index in [1.165, 1.54) is 32.1 Å². The molecular weight excluding hydrogens is 328 g/mol. The van der Waals surface area contributed by atoms with Crippen LogP contribution in [-0.2, 0) is 11.8 Å². The minimum Gasteiger partial charge on any atom is -0.466 e. The summed E-state index contributed by atoms with van der Waals surface area (Å²) >= 11 is 0. The van der Waals surface area contributed by atoms with E-state index in [1.807, 2.05) is 27.0 Å². The largest absolute Gasteiger partial charge is 0.466 e. The fourth-order valence-electron chi connectivity index (χ4n) is 4.07. The summed E-state index contributed by atoms with van der Waals surface area (Å²) in [5.74, 6) is 1.04. The van der Waals surface area contributed by atoms with Crippen molar-refractivity contribution in [1.29, 1.82) is 0 Å². The molecule has 1 amide bonds. The second-order valence-corrected chi connectivity index (χ2v) is 7.50. The minimum absolute atomic E-state index is 0.00354. The molecule has 2 unspecified atom stereocenters. The number of hydrogen-bond acceptors (Lipinski definition) is 4. The van der Waals surface area contributed by atoms with E-state index in [0.717, 1.165) is 28.7 Å². The number of carbonyl (C=O) groups is 1. The Bertz CT molecular complexity index is 784. The molecule has 3 rings (SSSR count). The predicted octanol–water partition coefficient (Wildman–Crippen LogP) is 3.44. The molecular formula is C20H30N4O2. The smallest absolute Gasteiger partial charge is 0.258 e. The van der Waals surface area contributed by atoms with Gasteiger partial charge in [-0.2, -0.15) is 0 Å². The van der Waals surface area contributed by atoms with Crippen LogP contribution < -0.4 is 10.1 Å². The van der Waals surface area contributed by atoms with Gasteiger partial charge < -0.3 is 10.1 Å². The van der Waals surface area contributed by atoms with Gasteiger partial charge in [0.15, 0.2) is 12.3 Å². The molecule has 6 nitrogen and oxygen atoms in total. The highest BCUT2D eigenvalue weighted by molar-refractivity contribution is 5.85. The van der Waals surface area contributed by atoms with Crippen molar-refractivity contribution in [3.05, 3.63) is 17.3 Å². The van der Waals surface area contributed by atoms with Crippen LogP contribution in [0.25, 0.3) is 11.0 Å². The van der Waals surface area contributed by atoms with Crippen LogP contribution in [0.15, 0.2) is 6.07 Å². The Morgan fingerprint density at radius 3 is 2.96 bits per heavy atom. The Balaban J connectivity index is 1.62. The van der Waals surface area contributed by atoms with Gasteiger partial charge in [-0.05, 0) is 50.7 Å². The van der Waals surface area contributed by atoms with Crippen LogP contribution in [0.4, 0.5) is 0 Å². The van der Waals surface area contributed by atoms with E-state index in [4.69, 9.17) is 4.74 Å². The normalized spacial score (nSPS) is 19.8. The van der Waals surface area contributed by atoms with Crippen molar-refractivity contribution in [3.63, 3.8) is 0 Å². The third-order valence-electron chi connectivity index (χ3n) is 5.36. The second kappa shape index (κ2) is 8.06. The van der Waals surface area contributed by atoms with Crippen LogP contribution in [0.2, 0.25) is 0 Å². The number of unbranched alkanes of at least 4 members (excludes halogenated alkanes) is 1. The SMILES string of the molecule is CCCCC1CCCC1NC(=O)COc1nn(C)c2nc(C)cc(C)c12. The van der Waals surface area contributed by atoms with Crippen molar-refractivity contribution >= 4 is 16.9 Å². The van der Waals surface area contributed by atoms with Gasteiger partial charge in [0.1, 0.15) is 0 Å². The van der Waals surface area contributed by atoms with E-state index < -0.39 is 0 Å². The second-order valence-electron chi connectivity index (χ2n) is 7.50. The van der Waals surface area contributed by atoms with E-state index >= 15 is 0 Å². The van der Waals surface area contributed by atoms with Crippen molar-refractivity contribution in [2.24, 2.45) is 13.0 Å². The van der Waals surface area contributed by atoms with E-state index in [2.05, 4.69) is 22.3 Å². The molecule has 6 heteroatoms. The lowest BCUT2D eigenvalue weighted by molar-refractivity contribution is -0.124. The van der Waals surface area contributed by atoms with E-state index in [-0.39, 0.29) is 12.5 Å². The van der Waals surface area contributed by atoms with Gasteiger partial charge in [0, 0.05) is 18.8 Å². The molecule has 0 saturated heterocycles. The zero-order valence-electron chi connectivity index (χ0n) is 16.3. The summed E-state index contributed by atoms with van der Waals surface area (Å²) in [6, 6.07) is 2.30. The summed E-state index contributed by atoms with van der Waals surface area (Å²) in [6.07, 6.45) is 7.15. The van der Waals surface area contributed by atoms with Gasteiger partial charge in [-0.1, -0.05) is 26.2 Å². The highest BCUT2D eigenvalue weighted by atomic mass is 16.5. The van der Waals surface area contributed by atoms with Gasteiger partial charge in [-0.15, -0.1) is 5.10 Å². The number of rotatable bonds is 7. The number of fused-ring (bicyclic) bond motifs is 1. The van der Waals surface area contributed by atoms with E-state index in [9.17, 15) is 4.79 Å². The molecule has 2 aromatic rings. The standard InChI is InChI=1S/C20H30N4O2/c1-5-6-8-15-9-7-10-16(15)22-17(25)12-26-20-18-13(2)11-14(3)21-19(18)24(4)23-20/h11,15-16H,5-10,12H2,1-4H3,(H,22,25). The average molecular weight is 358 g/mol. The maximum Gasteiger partial charge on any atom is 0.258 e. The molecule has 1 aliphatic carbocycles. The Labute approximate surface area is 155 Å². The summed E-state index contributed by atoms with van der Waals surface area (Å²) in [4.78, 5) is 16.9. The molecule has 1 N–H and O–H groups in total. The first-order valence-corrected chi connectivity index (χ1v) is 9.72. The number of ether oxygens (including phenoxy) is 1. The lowest BCUT2D eigenvalue weighted by atomic mass is 9.97. The Hall–Kier alpha value is -2.11. The average Bonchev–Trinajstić information content (AvgIpc) is 3.15. The van der Waals surface area contributed by atoms with Gasteiger partial charge in [-0.25, -0.2) is 9.67 Å². The maximum absolute atomic E-state index is 12.4. The molecule has 26 heavy (non-hydrogen) atoms. The number of aryl methyl sites for hydroxylation is 3. The highest BCUT2D eigenvalue weighted by Gasteiger charge is 2.28. The third-order valence-corrected chi connectivity index (χ3v) is 5.36. The molecule has 2 atom stereocenters. The fourth-order valence-corrected chi connectivity index (χ4v) is 4.07. The lowest BCUT2D eigenvalue weighted by Gasteiger charge is -2.20. The zero-order chi connectivity index (χ0) is 18.7. The lowest BCUT2D eigenvalue weighted by Crippen LogP contribution is -2.40. The first-order chi connectivity index (χ1) is 12.5. The Kier molecular flexibility index (Phi) is 5.79. The van der Waals surface area contributed by atoms with Crippen molar-refractivity contribution in [3.8, 4) is 5.88 Å². The number of hydrogen-bond donors (Lipinski definition) is 1. The molecule has 0 radical (unpaired) electrons. The molecule has 1 aliphatic rings. The highest BCUT2D eigenvalue weighted by Crippen LogP contribution is 2.30. The van der Waals surface area contributed by atoms with E-state index in [0.29, 0.717) is 17.8 Å².